The summed E-state index contributed by atoms with van der Waals surface area (Å²) in [7, 11) is 0. The van der Waals surface area contributed by atoms with E-state index in [0.29, 0.717) is 223 Å². The summed E-state index contributed by atoms with van der Waals surface area (Å²) in [6.07, 6.45) is 0. The monoisotopic (exact) mass is 903 g/mol. The maximum atomic E-state index is 11.2. The van der Waals surface area contributed by atoms with Crippen LogP contribution < -0.4 is 0 Å². The highest BCUT2D eigenvalue weighted by Crippen LogP contribution is 1.94. The SMILES string of the molecule is C=C(C)C(=O)OCCOCCOCCOCCOCCOCCOCCOCCOCCOCCOCCOCCOCCOCCOCCOCCOCCOC(=O)C(=C)C. The fourth-order valence-electron chi connectivity index (χ4n) is 4.03. The Bertz CT molecular complexity index is 914. The van der Waals surface area contributed by atoms with Crippen molar-refractivity contribution >= 4 is 11.9 Å². The largest absolute Gasteiger partial charge is 0.460 e. The van der Waals surface area contributed by atoms with Gasteiger partial charge < -0.3 is 85.3 Å². The van der Waals surface area contributed by atoms with Gasteiger partial charge in [-0.1, -0.05) is 13.2 Å². The molecule has 0 saturated heterocycles. The lowest BCUT2D eigenvalue weighted by molar-refractivity contribution is -0.141. The van der Waals surface area contributed by atoms with Crippen molar-refractivity contribution in [2.24, 2.45) is 0 Å². The van der Waals surface area contributed by atoms with Gasteiger partial charge in [-0.15, -0.1) is 0 Å². The van der Waals surface area contributed by atoms with E-state index in [-0.39, 0.29) is 13.2 Å². The van der Waals surface area contributed by atoms with Crippen molar-refractivity contribution in [2.45, 2.75) is 13.8 Å². The van der Waals surface area contributed by atoms with Crippen LogP contribution in [0.25, 0.3) is 0 Å². The number of ether oxygens (including phenoxy) is 18. The summed E-state index contributed by atoms with van der Waals surface area (Å²) in [5.41, 5.74) is 0.729. The zero-order valence-electron chi connectivity index (χ0n) is 37.6. The molecule has 0 fully saturated rings. The second-order valence-corrected chi connectivity index (χ2v) is 12.6. The van der Waals surface area contributed by atoms with Crippen LogP contribution in [-0.2, 0) is 94.9 Å². The molecule has 0 heterocycles. The van der Waals surface area contributed by atoms with Gasteiger partial charge in [0.05, 0.1) is 211 Å². The van der Waals surface area contributed by atoms with E-state index in [9.17, 15) is 9.59 Å². The standard InChI is InChI=1S/C42H78O20/c1-39(2)41(43)61-37-35-59-33-31-57-29-27-55-25-23-53-21-19-51-17-15-49-13-11-47-9-7-45-5-6-46-8-10-48-12-14-50-16-18-52-20-22-54-24-26-56-28-30-58-32-34-60-36-38-62-42(44)40(3)4/h1,3,5-38H2,2,4H3. The van der Waals surface area contributed by atoms with Crippen LogP contribution in [0.5, 0.6) is 0 Å². The third-order valence-corrected chi connectivity index (χ3v) is 7.20. The van der Waals surface area contributed by atoms with Gasteiger partial charge in [-0.3, -0.25) is 0 Å². The first kappa shape index (κ1) is 59.8. The van der Waals surface area contributed by atoms with Crippen LogP contribution in [0.3, 0.4) is 0 Å². The molecule has 20 nitrogen and oxygen atoms in total. The third kappa shape index (κ3) is 50.4. The van der Waals surface area contributed by atoms with Crippen molar-refractivity contribution in [3.63, 3.8) is 0 Å². The van der Waals surface area contributed by atoms with E-state index in [1.165, 1.54) is 0 Å². The van der Waals surface area contributed by atoms with Gasteiger partial charge in [0, 0.05) is 11.1 Å². The van der Waals surface area contributed by atoms with Gasteiger partial charge in [-0.25, -0.2) is 9.59 Å². The van der Waals surface area contributed by atoms with Crippen molar-refractivity contribution in [3.8, 4) is 0 Å². The molecule has 0 aromatic heterocycles. The highest BCUT2D eigenvalue weighted by Gasteiger charge is 2.03. The first-order valence-corrected chi connectivity index (χ1v) is 21.3. The predicted molar refractivity (Wildman–Crippen MR) is 225 cm³/mol. The molecule has 0 spiro atoms. The molecule has 0 aromatic carbocycles. The van der Waals surface area contributed by atoms with Crippen LogP contribution in [0.4, 0.5) is 0 Å². The van der Waals surface area contributed by atoms with E-state index in [2.05, 4.69) is 13.2 Å². The van der Waals surface area contributed by atoms with Crippen molar-refractivity contribution < 1.29 is 94.9 Å². The average Bonchev–Trinajstić information content (AvgIpc) is 3.26. The van der Waals surface area contributed by atoms with E-state index in [0.717, 1.165) is 0 Å². The van der Waals surface area contributed by atoms with Gasteiger partial charge in [0.1, 0.15) is 13.2 Å². The topological polar surface area (TPSA) is 200 Å². The summed E-state index contributed by atoms with van der Waals surface area (Å²) in [4.78, 5) is 22.4. The fraction of sp³-hybridized carbons (Fsp3) is 0.857. The third-order valence-electron chi connectivity index (χ3n) is 7.20. The summed E-state index contributed by atoms with van der Waals surface area (Å²) in [5, 5.41) is 0. The Kier molecular flexibility index (Phi) is 49.6. The van der Waals surface area contributed by atoms with Gasteiger partial charge in [-0.05, 0) is 13.8 Å². The fourth-order valence-corrected chi connectivity index (χ4v) is 4.03. The van der Waals surface area contributed by atoms with Crippen LogP contribution in [0, 0.1) is 0 Å². The lowest BCUT2D eigenvalue weighted by Gasteiger charge is -2.09. The first-order valence-electron chi connectivity index (χ1n) is 21.3. The smallest absolute Gasteiger partial charge is 0.333 e. The molecule has 0 aliphatic carbocycles. The Balaban J connectivity index is 3.10. The number of carbonyl (C=O) groups is 2. The van der Waals surface area contributed by atoms with E-state index in [1.54, 1.807) is 13.8 Å². The molecule has 0 amide bonds. The van der Waals surface area contributed by atoms with Gasteiger partial charge in [0.15, 0.2) is 0 Å². The quantitative estimate of drug-likeness (QED) is 0.0483. The Hall–Kier alpha value is -2.22. The molecular formula is C42H78O20. The number of hydrogen-bond acceptors (Lipinski definition) is 20. The van der Waals surface area contributed by atoms with E-state index in [1.807, 2.05) is 0 Å². The normalized spacial score (nSPS) is 11.3. The van der Waals surface area contributed by atoms with Crippen LogP contribution in [0.2, 0.25) is 0 Å². The highest BCUT2D eigenvalue weighted by molar-refractivity contribution is 5.87. The van der Waals surface area contributed by atoms with Crippen molar-refractivity contribution in [2.75, 3.05) is 225 Å². The Morgan fingerprint density at radius 2 is 0.323 bits per heavy atom. The van der Waals surface area contributed by atoms with Crippen LogP contribution >= 0.6 is 0 Å². The zero-order chi connectivity index (χ0) is 45.1. The van der Waals surface area contributed by atoms with E-state index in [4.69, 9.17) is 85.3 Å². The Labute approximate surface area is 369 Å². The van der Waals surface area contributed by atoms with E-state index >= 15 is 0 Å². The molecule has 0 aliphatic rings. The molecule has 62 heavy (non-hydrogen) atoms. The molecule has 0 bridgehead atoms. The molecule has 0 unspecified atom stereocenters. The van der Waals surface area contributed by atoms with Gasteiger partial charge in [-0.2, -0.15) is 0 Å². The van der Waals surface area contributed by atoms with E-state index < -0.39 is 11.9 Å². The summed E-state index contributed by atoms with van der Waals surface area (Å²) >= 11 is 0. The maximum Gasteiger partial charge on any atom is 0.333 e. The van der Waals surface area contributed by atoms with Crippen molar-refractivity contribution in [1.82, 2.24) is 0 Å². The number of carbonyl (C=O) groups excluding carboxylic acids is 2. The second-order valence-electron chi connectivity index (χ2n) is 12.6. The lowest BCUT2D eigenvalue weighted by atomic mass is 10.4. The minimum Gasteiger partial charge on any atom is -0.460 e. The molecule has 20 heteroatoms. The Morgan fingerprint density at radius 3 is 0.419 bits per heavy atom. The van der Waals surface area contributed by atoms with Gasteiger partial charge >= 0.3 is 11.9 Å². The predicted octanol–water partition coefficient (Wildman–Crippen LogP) is 1.49. The molecule has 0 N–H and O–H groups in total. The number of esters is 2. The zero-order valence-corrected chi connectivity index (χ0v) is 37.6. The number of hydrogen-bond donors (Lipinski definition) is 0. The Morgan fingerprint density at radius 1 is 0.226 bits per heavy atom. The highest BCUT2D eigenvalue weighted by atomic mass is 16.6. The minimum atomic E-state index is -0.418. The summed E-state index contributed by atoms with van der Waals surface area (Å²) < 4.78 is 97.0. The molecule has 0 aliphatic heterocycles. The van der Waals surface area contributed by atoms with Gasteiger partial charge in [0.25, 0.3) is 0 Å². The van der Waals surface area contributed by atoms with Crippen LogP contribution in [0.1, 0.15) is 13.8 Å². The van der Waals surface area contributed by atoms with Crippen LogP contribution in [-0.4, -0.2) is 237 Å². The summed E-state index contributed by atoms with van der Waals surface area (Å²) in [5.74, 6) is -0.837. The molecule has 0 rings (SSSR count). The molecule has 366 valence electrons. The summed E-state index contributed by atoms with van der Waals surface area (Å²) in [6, 6.07) is 0. The molecule has 0 aromatic rings. The average molecular weight is 903 g/mol. The lowest BCUT2D eigenvalue weighted by Crippen LogP contribution is -2.16. The van der Waals surface area contributed by atoms with Crippen molar-refractivity contribution in [1.29, 1.82) is 0 Å². The molecule has 0 saturated carbocycles. The summed E-state index contributed by atoms with van der Waals surface area (Å²) in [6.45, 7) is 25.3. The second kappa shape index (κ2) is 51.4. The van der Waals surface area contributed by atoms with Crippen LogP contribution in [0.15, 0.2) is 24.3 Å². The molecule has 0 atom stereocenters. The van der Waals surface area contributed by atoms with Gasteiger partial charge in [0.2, 0.25) is 0 Å². The molecule has 0 radical (unpaired) electrons. The minimum absolute atomic E-state index is 0.192. The number of rotatable bonds is 53. The van der Waals surface area contributed by atoms with Crippen molar-refractivity contribution in [3.05, 3.63) is 24.3 Å². The first-order chi connectivity index (χ1) is 30.4. The molecular weight excluding hydrogens is 824 g/mol. The maximum absolute atomic E-state index is 11.2.